The van der Waals surface area contributed by atoms with Crippen molar-refractivity contribution in [2.24, 2.45) is 0 Å². The first-order valence-corrected chi connectivity index (χ1v) is 12.4. The Morgan fingerprint density at radius 1 is 1.05 bits per heavy atom. The van der Waals surface area contributed by atoms with Crippen LogP contribution in [-0.2, 0) is 11.4 Å². The van der Waals surface area contributed by atoms with Gasteiger partial charge in [-0.2, -0.15) is 0 Å². The van der Waals surface area contributed by atoms with Gasteiger partial charge in [-0.3, -0.25) is 9.78 Å². The summed E-state index contributed by atoms with van der Waals surface area (Å²) in [6, 6.07) is 16.7. The molecule has 0 radical (unpaired) electrons. The van der Waals surface area contributed by atoms with E-state index < -0.39 is 0 Å². The van der Waals surface area contributed by atoms with E-state index in [2.05, 4.69) is 37.5 Å². The van der Waals surface area contributed by atoms with Gasteiger partial charge in [-0.05, 0) is 68.4 Å². The zero-order valence-electron chi connectivity index (χ0n) is 20.4. The van der Waals surface area contributed by atoms with Crippen LogP contribution in [0.25, 0.3) is 10.9 Å². The summed E-state index contributed by atoms with van der Waals surface area (Å²) in [7, 11) is 2.10. The monoisotopic (exact) mass is 514 g/mol. The molecule has 2 N–H and O–H groups in total. The summed E-state index contributed by atoms with van der Waals surface area (Å²) in [6.07, 6.45) is 6.78. The minimum atomic E-state index is -0.127. The maximum absolute atomic E-state index is 12.6. The zero-order valence-corrected chi connectivity index (χ0v) is 21.2. The molecule has 8 nitrogen and oxygen atoms in total. The number of carbonyl (C=O) groups is 1. The lowest BCUT2D eigenvalue weighted by molar-refractivity contribution is -0.112. The summed E-state index contributed by atoms with van der Waals surface area (Å²) in [6.45, 7) is 2.28. The van der Waals surface area contributed by atoms with Gasteiger partial charge in [-0.1, -0.05) is 23.2 Å². The number of aromatic nitrogens is 3. The van der Waals surface area contributed by atoms with E-state index in [4.69, 9.17) is 16.3 Å². The number of nitrogens with zero attached hydrogens (tertiary/aromatic N) is 4. The van der Waals surface area contributed by atoms with E-state index in [1.54, 1.807) is 24.4 Å². The number of ether oxygens (including phenoxy) is 1. The highest BCUT2D eigenvalue weighted by atomic mass is 35.5. The molecular weight excluding hydrogens is 488 g/mol. The van der Waals surface area contributed by atoms with Gasteiger partial charge in [0.25, 0.3) is 0 Å². The minimum Gasteiger partial charge on any atom is -0.486 e. The Bertz CT molecular complexity index is 1430. The van der Waals surface area contributed by atoms with E-state index in [1.165, 1.54) is 11.9 Å². The van der Waals surface area contributed by atoms with Gasteiger partial charge in [-0.25, -0.2) is 9.97 Å². The summed E-state index contributed by atoms with van der Waals surface area (Å²) in [5.41, 5.74) is 4.17. The fourth-order valence-corrected chi connectivity index (χ4v) is 4.35. The number of pyridine rings is 1. The number of hydrogen-bond acceptors (Lipinski definition) is 7. The van der Waals surface area contributed by atoms with Crippen molar-refractivity contribution < 1.29 is 9.53 Å². The van der Waals surface area contributed by atoms with Gasteiger partial charge in [-0.15, -0.1) is 0 Å². The number of nitrogens with one attached hydrogen (secondary N) is 2. The average molecular weight is 515 g/mol. The third kappa shape index (κ3) is 6.41. The Morgan fingerprint density at radius 2 is 1.89 bits per heavy atom. The maximum Gasteiger partial charge on any atom is 0.248 e. The Balaban J connectivity index is 1.29. The highest BCUT2D eigenvalue weighted by Crippen LogP contribution is 2.31. The molecule has 5 rings (SSSR count). The van der Waals surface area contributed by atoms with E-state index in [0.717, 1.165) is 48.2 Å². The molecule has 1 aliphatic rings. The summed E-state index contributed by atoms with van der Waals surface area (Å²) >= 11 is 6.48. The number of anilines is 3. The van der Waals surface area contributed by atoms with E-state index in [0.29, 0.717) is 28.9 Å². The second kappa shape index (κ2) is 11.4. The predicted molar refractivity (Wildman–Crippen MR) is 146 cm³/mol. The highest BCUT2D eigenvalue weighted by molar-refractivity contribution is 6.32. The van der Waals surface area contributed by atoms with Crippen LogP contribution in [0.15, 0.2) is 78.8 Å². The average Bonchev–Trinajstić information content (AvgIpc) is 2.90. The molecule has 0 atom stereocenters. The largest absolute Gasteiger partial charge is 0.486 e. The Labute approximate surface area is 220 Å². The molecule has 0 unspecified atom stereocenters. The predicted octanol–water partition coefficient (Wildman–Crippen LogP) is 5.59. The number of rotatable bonds is 7. The van der Waals surface area contributed by atoms with Crippen LogP contribution in [0.1, 0.15) is 18.5 Å². The van der Waals surface area contributed by atoms with E-state index in [9.17, 15) is 4.79 Å². The first kappa shape index (κ1) is 24.7. The Kier molecular flexibility index (Phi) is 7.58. The SMILES string of the molecule is CN1CCC(=CC(=O)Nc2ccc3ncnc(Nc4ccc(OCc5ccccn5)c(Cl)c4)c3c2)CC1. The van der Waals surface area contributed by atoms with Gasteiger partial charge in [0, 0.05) is 42.1 Å². The Morgan fingerprint density at radius 3 is 2.68 bits per heavy atom. The quantitative estimate of drug-likeness (QED) is 0.310. The van der Waals surface area contributed by atoms with Crippen LogP contribution >= 0.6 is 11.6 Å². The van der Waals surface area contributed by atoms with Gasteiger partial charge in [0.05, 0.1) is 16.2 Å². The van der Waals surface area contributed by atoms with Crippen LogP contribution in [0.5, 0.6) is 5.75 Å². The van der Waals surface area contributed by atoms with Crippen molar-refractivity contribution in [3.8, 4) is 5.75 Å². The second-order valence-corrected chi connectivity index (χ2v) is 9.34. The van der Waals surface area contributed by atoms with Gasteiger partial charge in [0.15, 0.2) is 0 Å². The lowest BCUT2D eigenvalue weighted by Gasteiger charge is -2.23. The molecule has 1 fully saturated rings. The molecule has 188 valence electrons. The van der Waals surface area contributed by atoms with Crippen molar-refractivity contribution in [2.75, 3.05) is 30.8 Å². The summed E-state index contributed by atoms with van der Waals surface area (Å²) < 4.78 is 5.82. The normalized spacial score (nSPS) is 13.8. The van der Waals surface area contributed by atoms with Crippen LogP contribution in [0.3, 0.4) is 0 Å². The summed E-state index contributed by atoms with van der Waals surface area (Å²) in [5.74, 6) is 1.04. The second-order valence-electron chi connectivity index (χ2n) is 8.93. The van der Waals surface area contributed by atoms with Crippen molar-refractivity contribution in [1.29, 1.82) is 0 Å². The smallest absolute Gasteiger partial charge is 0.248 e. The number of fused-ring (bicyclic) bond motifs is 1. The van der Waals surface area contributed by atoms with Gasteiger partial charge in [0.1, 0.15) is 24.5 Å². The lowest BCUT2D eigenvalue weighted by Crippen LogP contribution is -2.26. The van der Waals surface area contributed by atoms with Crippen molar-refractivity contribution in [1.82, 2.24) is 19.9 Å². The number of benzene rings is 2. The molecule has 2 aromatic carbocycles. The fourth-order valence-electron chi connectivity index (χ4n) is 4.12. The molecule has 0 saturated carbocycles. The number of amides is 1. The minimum absolute atomic E-state index is 0.127. The summed E-state index contributed by atoms with van der Waals surface area (Å²) in [4.78, 5) is 27.9. The molecule has 2 aromatic heterocycles. The third-order valence-corrected chi connectivity index (χ3v) is 6.46. The van der Waals surface area contributed by atoms with Crippen molar-refractivity contribution in [2.45, 2.75) is 19.4 Å². The van der Waals surface area contributed by atoms with E-state index >= 15 is 0 Å². The van der Waals surface area contributed by atoms with Crippen molar-refractivity contribution >= 4 is 45.6 Å². The molecule has 0 spiro atoms. The van der Waals surface area contributed by atoms with Crippen LogP contribution in [0, 0.1) is 0 Å². The standard InChI is InChI=1S/C28H27ClN6O2/c1-35-12-9-19(10-13-35)14-27(36)33-20-5-7-25-23(15-20)28(32-18-31-25)34-21-6-8-26(24(29)16-21)37-17-22-4-2-3-11-30-22/h2-8,11,14-16,18H,9-10,12-13,17H2,1H3,(H,33,36)(H,31,32,34). The van der Waals surface area contributed by atoms with Crippen LogP contribution in [0.4, 0.5) is 17.2 Å². The number of carbonyl (C=O) groups excluding carboxylic acids is 1. The molecule has 0 bridgehead atoms. The summed E-state index contributed by atoms with van der Waals surface area (Å²) in [5, 5.41) is 7.52. The van der Waals surface area contributed by atoms with Crippen LogP contribution in [-0.4, -0.2) is 45.9 Å². The molecule has 1 aliphatic heterocycles. The molecular formula is C28H27ClN6O2. The molecule has 1 saturated heterocycles. The molecule has 4 aromatic rings. The lowest BCUT2D eigenvalue weighted by atomic mass is 10.0. The van der Waals surface area contributed by atoms with Gasteiger partial charge < -0.3 is 20.3 Å². The molecule has 1 amide bonds. The van der Waals surface area contributed by atoms with Crippen LogP contribution in [0.2, 0.25) is 5.02 Å². The molecule has 9 heteroatoms. The number of piperidine rings is 1. The Hall–Kier alpha value is -4.01. The van der Waals surface area contributed by atoms with Gasteiger partial charge in [0.2, 0.25) is 5.91 Å². The van der Waals surface area contributed by atoms with Crippen LogP contribution < -0.4 is 15.4 Å². The van der Waals surface area contributed by atoms with Gasteiger partial charge >= 0.3 is 0 Å². The topological polar surface area (TPSA) is 92.3 Å². The first-order chi connectivity index (χ1) is 18.0. The number of hydrogen-bond donors (Lipinski definition) is 2. The molecule has 37 heavy (non-hydrogen) atoms. The zero-order chi connectivity index (χ0) is 25.6. The van der Waals surface area contributed by atoms with E-state index in [1.807, 2.05) is 42.5 Å². The number of likely N-dealkylation sites (tertiary alicyclic amines) is 1. The molecule has 3 heterocycles. The van der Waals surface area contributed by atoms with Crippen molar-refractivity contribution in [3.05, 3.63) is 89.5 Å². The highest BCUT2D eigenvalue weighted by Gasteiger charge is 2.12. The number of halogens is 1. The maximum atomic E-state index is 12.6. The van der Waals surface area contributed by atoms with Crippen molar-refractivity contribution in [3.63, 3.8) is 0 Å². The first-order valence-electron chi connectivity index (χ1n) is 12.1. The molecule has 0 aliphatic carbocycles. The fraction of sp³-hybridized carbons (Fsp3) is 0.214. The van der Waals surface area contributed by atoms with E-state index in [-0.39, 0.29) is 5.91 Å². The third-order valence-electron chi connectivity index (χ3n) is 6.16.